The molecule has 0 unspecified atom stereocenters. The van der Waals surface area contributed by atoms with Crippen molar-refractivity contribution in [3.63, 3.8) is 0 Å². The molecule has 66 valence electrons. The van der Waals surface area contributed by atoms with E-state index in [0.717, 1.165) is 0 Å². The number of carbonyl (C=O) groups excluding carboxylic acids is 2. The van der Waals surface area contributed by atoms with E-state index in [1.165, 1.54) is 0 Å². The van der Waals surface area contributed by atoms with Crippen molar-refractivity contribution in [1.29, 1.82) is 0 Å². The van der Waals surface area contributed by atoms with E-state index >= 15 is 0 Å². The van der Waals surface area contributed by atoms with Crippen LogP contribution in [-0.4, -0.2) is 11.9 Å². The van der Waals surface area contributed by atoms with Crippen LogP contribution in [0.1, 0.15) is 14.9 Å². The van der Waals surface area contributed by atoms with Crippen molar-refractivity contribution in [3.05, 3.63) is 0 Å². The summed E-state index contributed by atoms with van der Waals surface area (Å²) in [4.78, 5) is 17.9. The molecule has 0 aliphatic heterocycles. The van der Waals surface area contributed by atoms with Crippen LogP contribution in [0.5, 0.6) is 0 Å². The maximum atomic E-state index is 8.93. The van der Waals surface area contributed by atoms with Crippen molar-refractivity contribution in [2.24, 2.45) is 0 Å². The first-order chi connectivity index (χ1) is 2.64. The average Bonchev–Trinajstić information content (AvgIpc) is 1.36. The van der Waals surface area contributed by atoms with Crippen LogP contribution in [0.2, 0.25) is 0 Å². The summed E-state index contributed by atoms with van der Waals surface area (Å²) >= 11 is 0. The first kappa shape index (κ1) is 36.7. The summed E-state index contributed by atoms with van der Waals surface area (Å²) in [5.74, 6) is -4.37. The summed E-state index contributed by atoms with van der Waals surface area (Å²) in [6.45, 7) is 0. The molecule has 0 saturated heterocycles. The second-order valence-corrected chi connectivity index (χ2v) is 0.575. The van der Waals surface area contributed by atoms with Gasteiger partial charge in [-0.05, 0) is 0 Å². The molecule has 0 saturated carbocycles. The summed E-state index contributed by atoms with van der Waals surface area (Å²) in [7, 11) is 0. The van der Waals surface area contributed by atoms with E-state index in [0.29, 0.717) is 0 Å². The van der Waals surface area contributed by atoms with Gasteiger partial charge in [0.1, 0.15) is 0 Å². The maximum absolute atomic E-state index is 8.93. The minimum atomic E-state index is -2.19. The molecular weight excluding hydrogens is 140 g/mol. The lowest BCUT2D eigenvalue weighted by Gasteiger charge is -1.97. The summed E-state index contributed by atoms with van der Waals surface area (Å²) in [5.41, 5.74) is 0. The van der Waals surface area contributed by atoms with Gasteiger partial charge in [0.05, 0.1) is 11.9 Å². The number of carboxylic acids is 2. The molecule has 0 aromatic rings. The summed E-state index contributed by atoms with van der Waals surface area (Å²) in [6, 6.07) is 0. The third-order valence-corrected chi connectivity index (χ3v) is 0.167. The molecule has 0 heterocycles. The Morgan fingerprint density at radius 1 is 0.800 bits per heavy atom. The highest BCUT2D eigenvalue weighted by Gasteiger charge is 1.74. The van der Waals surface area contributed by atoms with E-state index in [1.807, 2.05) is 0 Å². The third kappa shape index (κ3) is 28.8. The van der Waals surface area contributed by atoms with Gasteiger partial charge in [0.2, 0.25) is 0 Å². The zero-order valence-corrected chi connectivity index (χ0v) is 4.63. The van der Waals surface area contributed by atoms with Gasteiger partial charge >= 0.3 is 0 Å². The largest absolute Gasteiger partial charge is 0.543 e. The van der Waals surface area contributed by atoms with E-state index in [2.05, 4.69) is 0 Å². The zero-order chi connectivity index (χ0) is 5.15. The van der Waals surface area contributed by atoms with Crippen molar-refractivity contribution >= 4 is 11.9 Å². The normalized spacial score (nSPS) is 4.40. The lowest BCUT2D eigenvalue weighted by molar-refractivity contribution is -0.345. The molecule has 0 rings (SSSR count). The Bertz CT molecular complexity index is 81.3. The molecule has 6 heteroatoms. The molecule has 0 atom stereocenters. The minimum Gasteiger partial charge on any atom is -0.543 e. The third-order valence-electron chi connectivity index (χ3n) is 0.167. The zero-order valence-electron chi connectivity index (χ0n) is 4.63. The minimum absolute atomic E-state index is 0. The second-order valence-electron chi connectivity index (χ2n) is 0.575. The molecule has 0 aromatic heterocycles. The highest BCUT2D eigenvalue weighted by atomic mass is 16.4. The van der Waals surface area contributed by atoms with Gasteiger partial charge in [-0.25, -0.2) is 0 Å². The number of hydrogen-bond donors (Lipinski definition) is 2. The molecule has 0 spiro atoms. The highest BCUT2D eigenvalue weighted by molar-refractivity contribution is 6.25. The molecular formula is C4H16N2O4. The molecule has 10 heavy (non-hydrogen) atoms. The van der Waals surface area contributed by atoms with Crippen LogP contribution < -0.4 is 22.5 Å². The van der Waals surface area contributed by atoms with E-state index < -0.39 is 11.9 Å². The van der Waals surface area contributed by atoms with Crippen LogP contribution in [0.4, 0.5) is 0 Å². The predicted octanol–water partition coefficient (Wildman–Crippen LogP) is -1.49. The Hall–Kier alpha value is -1.14. The fourth-order valence-electron chi connectivity index (χ4n) is 0. The SMILES string of the molecule is C.C.O=C([O-])C(=O)[O-].[NH4+].[NH4+]. The summed E-state index contributed by atoms with van der Waals surface area (Å²) in [6.07, 6.45) is 0. The van der Waals surface area contributed by atoms with Crippen molar-refractivity contribution < 1.29 is 19.8 Å². The quantitative estimate of drug-likeness (QED) is 0.410. The Labute approximate surface area is 60.0 Å². The summed E-state index contributed by atoms with van der Waals surface area (Å²) in [5, 5.41) is 17.9. The van der Waals surface area contributed by atoms with Gasteiger partial charge in [-0.1, -0.05) is 14.9 Å². The number of rotatable bonds is 0. The topological polar surface area (TPSA) is 153 Å². The molecule has 0 aromatic carbocycles. The Balaban J connectivity index is -0.0000000208. The van der Waals surface area contributed by atoms with Gasteiger partial charge in [0.25, 0.3) is 0 Å². The van der Waals surface area contributed by atoms with E-state index in [9.17, 15) is 0 Å². The van der Waals surface area contributed by atoms with Crippen molar-refractivity contribution in [2.45, 2.75) is 14.9 Å². The lowest BCUT2D eigenvalue weighted by Crippen LogP contribution is -2.42. The van der Waals surface area contributed by atoms with Crippen LogP contribution >= 0.6 is 0 Å². The van der Waals surface area contributed by atoms with Gasteiger partial charge in [0, 0.05) is 0 Å². The van der Waals surface area contributed by atoms with Crippen molar-refractivity contribution in [2.75, 3.05) is 0 Å². The van der Waals surface area contributed by atoms with Gasteiger partial charge < -0.3 is 32.1 Å². The van der Waals surface area contributed by atoms with Crippen molar-refractivity contribution in [1.82, 2.24) is 12.3 Å². The number of carboxylic acid groups (broad SMARTS) is 2. The molecule has 6 nitrogen and oxygen atoms in total. The van der Waals surface area contributed by atoms with Gasteiger partial charge in [-0.15, -0.1) is 0 Å². The van der Waals surface area contributed by atoms with Crippen LogP contribution in [0.3, 0.4) is 0 Å². The van der Waals surface area contributed by atoms with Crippen LogP contribution in [0.15, 0.2) is 0 Å². The summed E-state index contributed by atoms with van der Waals surface area (Å²) < 4.78 is 0. The Morgan fingerprint density at radius 3 is 0.900 bits per heavy atom. The smallest absolute Gasteiger partial charge is 0.0870 e. The standard InChI is InChI=1S/C2H2O4.2CH4.2H3N/c3-1(4)2(5)6;;;;/h(H,3,4)(H,5,6);2*1H4;2*1H3. The predicted molar refractivity (Wildman–Crippen MR) is 35.4 cm³/mol. The van der Waals surface area contributed by atoms with E-state index in [4.69, 9.17) is 19.8 Å². The van der Waals surface area contributed by atoms with Crippen LogP contribution in [-0.2, 0) is 9.59 Å². The molecule has 0 aliphatic rings. The van der Waals surface area contributed by atoms with Gasteiger partial charge in [0.15, 0.2) is 0 Å². The molecule has 0 fully saturated rings. The fourth-order valence-corrected chi connectivity index (χ4v) is 0. The number of hydrogen-bond acceptors (Lipinski definition) is 4. The Kier molecular flexibility index (Phi) is 57.5. The second kappa shape index (κ2) is 15.7. The maximum Gasteiger partial charge on any atom is 0.0870 e. The lowest BCUT2D eigenvalue weighted by atomic mass is 10.7. The average molecular weight is 156 g/mol. The first-order valence-electron chi connectivity index (χ1n) is 1.07. The number of aliphatic carboxylic acids is 2. The van der Waals surface area contributed by atoms with Crippen LogP contribution in [0.25, 0.3) is 0 Å². The van der Waals surface area contributed by atoms with Crippen LogP contribution in [0, 0.1) is 0 Å². The number of quaternary nitrogens is 2. The molecule has 0 bridgehead atoms. The van der Waals surface area contributed by atoms with E-state index in [-0.39, 0.29) is 27.2 Å². The van der Waals surface area contributed by atoms with Crippen molar-refractivity contribution in [3.8, 4) is 0 Å². The first-order valence-corrected chi connectivity index (χ1v) is 1.07. The molecule has 0 amide bonds. The van der Waals surface area contributed by atoms with Gasteiger partial charge in [-0.2, -0.15) is 0 Å². The molecule has 0 aliphatic carbocycles. The highest BCUT2D eigenvalue weighted by Crippen LogP contribution is 1.41. The molecule has 8 N–H and O–H groups in total. The number of carbonyl (C=O) groups is 2. The van der Waals surface area contributed by atoms with Gasteiger partial charge in [-0.3, -0.25) is 0 Å². The van der Waals surface area contributed by atoms with E-state index in [1.54, 1.807) is 0 Å². The Morgan fingerprint density at radius 2 is 0.900 bits per heavy atom. The molecule has 0 radical (unpaired) electrons. The monoisotopic (exact) mass is 156 g/mol. The fraction of sp³-hybridized carbons (Fsp3) is 0.500.